The molecule has 0 unspecified atom stereocenters. The third kappa shape index (κ3) is 3.34. The zero-order valence-corrected chi connectivity index (χ0v) is 13.5. The Labute approximate surface area is 142 Å². The molecule has 1 heterocycles. The molecule has 1 amide bonds. The lowest BCUT2D eigenvalue weighted by Crippen LogP contribution is -2.13. The zero-order chi connectivity index (χ0) is 18.0. The second kappa shape index (κ2) is 6.48. The summed E-state index contributed by atoms with van der Waals surface area (Å²) in [4.78, 5) is 22.9. The van der Waals surface area contributed by atoms with Crippen LogP contribution < -0.4 is 5.32 Å². The van der Waals surface area contributed by atoms with Crippen molar-refractivity contribution < 1.29 is 9.72 Å². The van der Waals surface area contributed by atoms with Gasteiger partial charge in [-0.15, -0.1) is 5.10 Å². The summed E-state index contributed by atoms with van der Waals surface area (Å²) in [7, 11) is 0. The molecule has 0 aliphatic carbocycles. The molecule has 0 fully saturated rings. The minimum atomic E-state index is -0.503. The van der Waals surface area contributed by atoms with Crippen LogP contribution in [0.1, 0.15) is 21.5 Å². The number of nitrogens with zero attached hydrogens (tertiary/aromatic N) is 5. The van der Waals surface area contributed by atoms with Gasteiger partial charge < -0.3 is 5.32 Å². The fraction of sp³-hybridized carbons (Fsp3) is 0.125. The summed E-state index contributed by atoms with van der Waals surface area (Å²) >= 11 is 0. The SMILES string of the molecule is Cc1cc(NC(=O)c2ccc(C)c([N+](=O)[O-])c2)ccc1-n1cnnn1. The first-order valence-corrected chi connectivity index (χ1v) is 7.36. The predicted octanol–water partition coefficient (Wildman–Crippen LogP) is 2.44. The summed E-state index contributed by atoms with van der Waals surface area (Å²) in [5.74, 6) is -0.419. The van der Waals surface area contributed by atoms with Crippen LogP contribution in [-0.2, 0) is 0 Å². The van der Waals surface area contributed by atoms with Crippen molar-refractivity contribution >= 4 is 17.3 Å². The van der Waals surface area contributed by atoms with Crippen molar-refractivity contribution in [1.82, 2.24) is 20.2 Å². The first kappa shape index (κ1) is 16.2. The summed E-state index contributed by atoms with van der Waals surface area (Å²) in [6.07, 6.45) is 1.48. The van der Waals surface area contributed by atoms with Gasteiger partial charge in [-0.3, -0.25) is 14.9 Å². The molecule has 0 aliphatic rings. The minimum absolute atomic E-state index is 0.0853. The lowest BCUT2D eigenvalue weighted by Gasteiger charge is -2.09. The Hall–Kier alpha value is -3.62. The number of nitrogens with one attached hydrogen (secondary N) is 1. The smallest absolute Gasteiger partial charge is 0.273 e. The Morgan fingerprint density at radius 3 is 2.60 bits per heavy atom. The van der Waals surface area contributed by atoms with Crippen LogP contribution in [0.5, 0.6) is 0 Å². The van der Waals surface area contributed by atoms with Crippen molar-refractivity contribution in [3.05, 3.63) is 69.5 Å². The molecule has 0 atom stereocenters. The molecule has 3 aromatic rings. The van der Waals surface area contributed by atoms with Gasteiger partial charge in [0.2, 0.25) is 0 Å². The van der Waals surface area contributed by atoms with Crippen molar-refractivity contribution in [2.24, 2.45) is 0 Å². The molecule has 0 radical (unpaired) electrons. The highest BCUT2D eigenvalue weighted by Crippen LogP contribution is 2.21. The quantitative estimate of drug-likeness (QED) is 0.577. The molecule has 0 saturated heterocycles. The fourth-order valence-corrected chi connectivity index (χ4v) is 2.41. The van der Waals surface area contributed by atoms with Crippen LogP contribution >= 0.6 is 0 Å². The monoisotopic (exact) mass is 338 g/mol. The van der Waals surface area contributed by atoms with Gasteiger partial charge in [0, 0.05) is 22.9 Å². The van der Waals surface area contributed by atoms with Crippen molar-refractivity contribution in [3.8, 4) is 5.69 Å². The van der Waals surface area contributed by atoms with E-state index in [1.54, 1.807) is 37.3 Å². The number of amides is 1. The van der Waals surface area contributed by atoms with E-state index in [0.29, 0.717) is 11.3 Å². The number of rotatable bonds is 4. The van der Waals surface area contributed by atoms with Crippen LogP contribution in [-0.4, -0.2) is 31.0 Å². The molecule has 1 N–H and O–H groups in total. The highest BCUT2D eigenvalue weighted by Gasteiger charge is 2.15. The number of aromatic nitrogens is 4. The highest BCUT2D eigenvalue weighted by atomic mass is 16.6. The molecule has 2 aromatic carbocycles. The molecule has 0 aliphatic heterocycles. The lowest BCUT2D eigenvalue weighted by atomic mass is 10.1. The molecule has 9 nitrogen and oxygen atoms in total. The van der Waals surface area contributed by atoms with E-state index in [2.05, 4.69) is 20.8 Å². The average Bonchev–Trinajstić information content (AvgIpc) is 3.09. The van der Waals surface area contributed by atoms with Crippen molar-refractivity contribution in [3.63, 3.8) is 0 Å². The van der Waals surface area contributed by atoms with Gasteiger partial charge in [0.25, 0.3) is 11.6 Å². The summed E-state index contributed by atoms with van der Waals surface area (Å²) in [5.41, 5.74) is 2.86. The number of carbonyl (C=O) groups excluding carboxylic acids is 1. The molecule has 1 aromatic heterocycles. The zero-order valence-electron chi connectivity index (χ0n) is 13.5. The van der Waals surface area contributed by atoms with Crippen LogP contribution in [0.4, 0.5) is 11.4 Å². The van der Waals surface area contributed by atoms with E-state index in [0.717, 1.165) is 11.3 Å². The molecule has 3 rings (SSSR count). The Balaban J connectivity index is 1.83. The third-order valence-electron chi connectivity index (χ3n) is 3.72. The Kier molecular flexibility index (Phi) is 4.21. The largest absolute Gasteiger partial charge is 0.322 e. The first-order chi connectivity index (χ1) is 12.0. The van der Waals surface area contributed by atoms with Gasteiger partial charge in [-0.05, 0) is 54.1 Å². The molecule has 9 heteroatoms. The van der Waals surface area contributed by atoms with E-state index >= 15 is 0 Å². The molecule has 25 heavy (non-hydrogen) atoms. The molecule has 0 spiro atoms. The standard InChI is InChI=1S/C16H14N6O3/c1-10-3-4-12(8-15(10)22(24)25)16(23)18-13-5-6-14(11(2)7-13)21-9-17-19-20-21/h3-9H,1-2H3,(H,18,23). The van der Waals surface area contributed by atoms with E-state index in [9.17, 15) is 14.9 Å². The minimum Gasteiger partial charge on any atom is -0.322 e. The van der Waals surface area contributed by atoms with Crippen LogP contribution in [0, 0.1) is 24.0 Å². The van der Waals surface area contributed by atoms with Crippen molar-refractivity contribution in [1.29, 1.82) is 0 Å². The number of hydrogen-bond acceptors (Lipinski definition) is 6. The van der Waals surface area contributed by atoms with E-state index in [-0.39, 0.29) is 11.3 Å². The number of aryl methyl sites for hydroxylation is 2. The molecular weight excluding hydrogens is 324 g/mol. The normalized spacial score (nSPS) is 10.5. The van der Waals surface area contributed by atoms with Gasteiger partial charge in [-0.1, -0.05) is 6.07 Å². The maximum Gasteiger partial charge on any atom is 0.273 e. The third-order valence-corrected chi connectivity index (χ3v) is 3.72. The number of carbonyl (C=O) groups is 1. The van der Waals surface area contributed by atoms with Gasteiger partial charge in [0.05, 0.1) is 10.6 Å². The van der Waals surface area contributed by atoms with E-state index in [1.807, 2.05) is 6.92 Å². The second-order valence-corrected chi connectivity index (χ2v) is 5.47. The number of tetrazole rings is 1. The van der Waals surface area contributed by atoms with Crippen LogP contribution in [0.3, 0.4) is 0 Å². The van der Waals surface area contributed by atoms with Crippen LogP contribution in [0.25, 0.3) is 5.69 Å². The molecule has 0 saturated carbocycles. The molecule has 0 bridgehead atoms. The Bertz CT molecular complexity index is 953. The number of nitro benzene ring substituents is 1. The Morgan fingerprint density at radius 1 is 1.16 bits per heavy atom. The average molecular weight is 338 g/mol. The summed E-state index contributed by atoms with van der Waals surface area (Å²) in [6, 6.07) is 9.65. The number of benzene rings is 2. The van der Waals surface area contributed by atoms with Gasteiger partial charge >= 0.3 is 0 Å². The van der Waals surface area contributed by atoms with Crippen LogP contribution in [0.15, 0.2) is 42.7 Å². The van der Waals surface area contributed by atoms with E-state index < -0.39 is 10.8 Å². The van der Waals surface area contributed by atoms with Gasteiger partial charge in [0.1, 0.15) is 6.33 Å². The Morgan fingerprint density at radius 2 is 1.96 bits per heavy atom. The van der Waals surface area contributed by atoms with Gasteiger partial charge in [0.15, 0.2) is 0 Å². The summed E-state index contributed by atoms with van der Waals surface area (Å²) in [6.45, 7) is 3.49. The van der Waals surface area contributed by atoms with Crippen molar-refractivity contribution in [2.75, 3.05) is 5.32 Å². The lowest BCUT2D eigenvalue weighted by molar-refractivity contribution is -0.385. The predicted molar refractivity (Wildman–Crippen MR) is 89.7 cm³/mol. The maximum absolute atomic E-state index is 12.4. The summed E-state index contributed by atoms with van der Waals surface area (Å²) in [5, 5.41) is 24.7. The maximum atomic E-state index is 12.4. The summed E-state index contributed by atoms with van der Waals surface area (Å²) < 4.78 is 1.52. The number of nitro groups is 1. The van der Waals surface area contributed by atoms with Crippen LogP contribution in [0.2, 0.25) is 0 Å². The topological polar surface area (TPSA) is 116 Å². The van der Waals surface area contributed by atoms with Gasteiger partial charge in [-0.2, -0.15) is 0 Å². The number of hydrogen-bond donors (Lipinski definition) is 1. The molecule has 126 valence electrons. The molecular formula is C16H14N6O3. The highest BCUT2D eigenvalue weighted by molar-refractivity contribution is 6.04. The van der Waals surface area contributed by atoms with Gasteiger partial charge in [-0.25, -0.2) is 4.68 Å². The van der Waals surface area contributed by atoms with Crippen molar-refractivity contribution in [2.45, 2.75) is 13.8 Å². The second-order valence-electron chi connectivity index (χ2n) is 5.47. The fourth-order valence-electron chi connectivity index (χ4n) is 2.41. The number of anilines is 1. The van der Waals surface area contributed by atoms with E-state index in [1.165, 1.54) is 17.1 Å². The first-order valence-electron chi connectivity index (χ1n) is 7.36. The van der Waals surface area contributed by atoms with E-state index in [4.69, 9.17) is 0 Å².